The highest BCUT2D eigenvalue weighted by Gasteiger charge is 2.36. The average molecular weight is 502 g/mol. The number of carbonyl (C=O) groups is 3. The molecule has 1 aliphatic heterocycles. The van der Waals surface area contributed by atoms with Gasteiger partial charge in [0.1, 0.15) is 0 Å². The van der Waals surface area contributed by atoms with Gasteiger partial charge in [-0.3, -0.25) is 9.69 Å². The Morgan fingerprint density at radius 2 is 1.69 bits per heavy atom. The molecular formula is C26H35N3O7. The number of aromatic nitrogens is 1. The number of nitrogens with zero attached hydrogens (tertiary/aromatic N) is 2. The minimum atomic E-state index is -2.27. The number of aliphatic hydroxyl groups excluding tert-OH is 2. The first kappa shape index (κ1) is 27.4. The van der Waals surface area contributed by atoms with Gasteiger partial charge in [0, 0.05) is 42.8 Å². The molecule has 4 atom stereocenters. The van der Waals surface area contributed by atoms with E-state index in [0.29, 0.717) is 11.9 Å². The summed E-state index contributed by atoms with van der Waals surface area (Å²) in [4.78, 5) is 40.6. The van der Waals surface area contributed by atoms with Crippen molar-refractivity contribution >= 4 is 34.3 Å². The van der Waals surface area contributed by atoms with Gasteiger partial charge in [0.15, 0.2) is 12.2 Å². The van der Waals surface area contributed by atoms with E-state index in [1.165, 1.54) is 27.6 Å². The lowest BCUT2D eigenvalue weighted by Gasteiger charge is -2.40. The molecule has 0 spiro atoms. The number of rotatable bonds is 8. The quantitative estimate of drug-likeness (QED) is 0.365. The predicted octanol–water partition coefficient (Wildman–Crippen LogP) is 1.56. The number of benzene rings is 1. The Labute approximate surface area is 209 Å². The topological polar surface area (TPSA) is 154 Å². The fourth-order valence-electron chi connectivity index (χ4n) is 4.98. The molecule has 5 N–H and O–H groups in total. The largest absolute Gasteiger partial charge is 0.479 e. The van der Waals surface area contributed by atoms with Crippen LogP contribution >= 0.6 is 0 Å². The molecule has 1 amide bonds. The predicted molar refractivity (Wildman–Crippen MR) is 134 cm³/mol. The fourth-order valence-corrected chi connectivity index (χ4v) is 4.98. The molecule has 0 fully saturated rings. The number of carboxylic acid groups (broad SMARTS) is 2. The lowest BCUT2D eigenvalue weighted by molar-refractivity contribution is -0.165. The van der Waals surface area contributed by atoms with Crippen molar-refractivity contribution in [1.82, 2.24) is 14.8 Å². The highest BCUT2D eigenvalue weighted by molar-refractivity contribution is 5.99. The number of hydrogen-bond acceptors (Lipinski definition) is 6. The van der Waals surface area contributed by atoms with Crippen LogP contribution in [0.2, 0.25) is 0 Å². The number of carbonyl (C=O) groups excluding carboxylic acids is 1. The molecule has 4 unspecified atom stereocenters. The van der Waals surface area contributed by atoms with Crippen LogP contribution in [-0.4, -0.2) is 98.0 Å². The summed E-state index contributed by atoms with van der Waals surface area (Å²) in [7, 11) is 2.17. The van der Waals surface area contributed by atoms with Crippen molar-refractivity contribution in [2.24, 2.45) is 5.92 Å². The zero-order valence-electron chi connectivity index (χ0n) is 20.8. The van der Waals surface area contributed by atoms with Crippen molar-refractivity contribution in [1.29, 1.82) is 0 Å². The van der Waals surface area contributed by atoms with Gasteiger partial charge in [-0.25, -0.2) is 9.59 Å². The number of nitrogens with one attached hydrogen (secondary N) is 1. The van der Waals surface area contributed by atoms with Crippen molar-refractivity contribution in [3.05, 3.63) is 41.6 Å². The number of fused-ring (bicyclic) bond motifs is 2. The summed E-state index contributed by atoms with van der Waals surface area (Å²) in [6.45, 7) is 6.82. The van der Waals surface area contributed by atoms with Crippen LogP contribution in [0.15, 0.2) is 30.5 Å². The molecule has 2 aromatic rings. The number of carboxylic acids is 2. The van der Waals surface area contributed by atoms with Crippen LogP contribution in [0.25, 0.3) is 16.5 Å². The van der Waals surface area contributed by atoms with E-state index in [2.05, 4.69) is 66.2 Å². The number of hydrogen-bond donors (Lipinski definition) is 5. The molecule has 36 heavy (non-hydrogen) atoms. The Balaban J connectivity index is 0.000000308. The standard InChI is InChI=1S/C22H29N3O.C4H6O6/c1-4-9-25(10-5-2)22(26)16-11-18-17-7-6-8-19-21(17)15(13-23-19)12-20(18)24(3)14-16;5-1(3(7)8)2(6)4(9)10/h6-8,11,13,16,20,23H,4-5,9-10,12,14H2,1-3H3;1-2,5-6H,(H,7,8)(H,9,10). The van der Waals surface area contributed by atoms with Gasteiger partial charge in [-0.15, -0.1) is 0 Å². The van der Waals surface area contributed by atoms with Crippen LogP contribution in [0.5, 0.6) is 0 Å². The summed E-state index contributed by atoms with van der Waals surface area (Å²) in [5.74, 6) is -3.29. The number of H-pyrrole nitrogens is 1. The van der Waals surface area contributed by atoms with E-state index in [9.17, 15) is 14.4 Å². The molecule has 196 valence electrons. The molecule has 10 heteroatoms. The minimum absolute atomic E-state index is 0.0416. The number of amides is 1. The van der Waals surface area contributed by atoms with E-state index in [4.69, 9.17) is 20.4 Å². The van der Waals surface area contributed by atoms with E-state index in [1.807, 2.05) is 0 Å². The molecule has 0 saturated heterocycles. The Hall–Kier alpha value is -3.21. The summed E-state index contributed by atoms with van der Waals surface area (Å²) in [6, 6.07) is 6.85. The Bertz CT molecular complexity index is 1120. The van der Waals surface area contributed by atoms with E-state index in [1.54, 1.807) is 0 Å². The third-order valence-corrected chi connectivity index (χ3v) is 6.69. The zero-order valence-corrected chi connectivity index (χ0v) is 20.8. The Kier molecular flexibility index (Phi) is 8.89. The van der Waals surface area contributed by atoms with E-state index >= 15 is 0 Å². The number of aliphatic hydroxyl groups is 2. The van der Waals surface area contributed by atoms with Gasteiger partial charge < -0.3 is 30.3 Å². The van der Waals surface area contributed by atoms with Crippen molar-refractivity contribution in [3.63, 3.8) is 0 Å². The molecule has 0 bridgehead atoms. The van der Waals surface area contributed by atoms with Crippen molar-refractivity contribution < 1.29 is 34.8 Å². The first-order chi connectivity index (χ1) is 17.1. The average Bonchev–Trinajstić information content (AvgIpc) is 3.27. The van der Waals surface area contributed by atoms with Gasteiger partial charge in [0.05, 0.1) is 5.92 Å². The summed E-state index contributed by atoms with van der Waals surface area (Å²) < 4.78 is 0. The van der Waals surface area contributed by atoms with Gasteiger partial charge in [0.25, 0.3) is 0 Å². The lowest BCUT2D eigenvalue weighted by Crippen LogP contribution is -2.47. The summed E-state index contributed by atoms with van der Waals surface area (Å²) in [5.41, 5.74) is 5.24. The molecule has 0 saturated carbocycles. The zero-order chi connectivity index (χ0) is 26.6. The maximum absolute atomic E-state index is 13.2. The smallest absolute Gasteiger partial charge is 0.335 e. The van der Waals surface area contributed by atoms with Crippen LogP contribution in [-0.2, 0) is 20.8 Å². The molecule has 2 aliphatic rings. The maximum atomic E-state index is 13.2. The number of aromatic amines is 1. The molecule has 4 rings (SSSR count). The third-order valence-electron chi connectivity index (χ3n) is 6.69. The number of aliphatic carboxylic acids is 2. The summed E-state index contributed by atoms with van der Waals surface area (Å²) >= 11 is 0. The lowest BCUT2D eigenvalue weighted by atomic mass is 9.79. The molecular weight excluding hydrogens is 466 g/mol. The highest BCUT2D eigenvalue weighted by atomic mass is 16.4. The SMILES string of the molecule is CCCN(CCC)C(=O)C1C=C2c3cccc4[nH]cc(c34)CC2N(C)C1.O=C(O)C(O)C(O)C(=O)O. The third kappa shape index (κ3) is 5.61. The van der Waals surface area contributed by atoms with Gasteiger partial charge in [-0.05, 0) is 49.1 Å². The minimum Gasteiger partial charge on any atom is -0.479 e. The Morgan fingerprint density at radius 1 is 1.08 bits per heavy atom. The first-order valence-corrected chi connectivity index (χ1v) is 12.2. The molecule has 0 radical (unpaired) electrons. The van der Waals surface area contributed by atoms with Crippen LogP contribution in [0.1, 0.15) is 37.8 Å². The second-order valence-electron chi connectivity index (χ2n) is 9.32. The normalized spacial score (nSPS) is 20.4. The monoisotopic (exact) mass is 501 g/mol. The van der Waals surface area contributed by atoms with Crippen LogP contribution < -0.4 is 0 Å². The summed E-state index contributed by atoms with van der Waals surface area (Å²) in [5, 5.41) is 33.9. The van der Waals surface area contributed by atoms with Crippen molar-refractivity contribution in [2.45, 2.75) is 51.4 Å². The van der Waals surface area contributed by atoms with Gasteiger partial charge in [-0.1, -0.05) is 32.1 Å². The molecule has 2 heterocycles. The second kappa shape index (κ2) is 11.7. The highest BCUT2D eigenvalue weighted by Crippen LogP contribution is 2.40. The number of likely N-dealkylation sites (N-methyl/N-ethyl adjacent to an activating group) is 1. The van der Waals surface area contributed by atoms with Gasteiger partial charge in [0.2, 0.25) is 5.91 Å². The van der Waals surface area contributed by atoms with E-state index in [0.717, 1.165) is 38.9 Å². The first-order valence-electron chi connectivity index (χ1n) is 12.2. The molecule has 1 aromatic carbocycles. The Morgan fingerprint density at radius 3 is 2.25 bits per heavy atom. The van der Waals surface area contributed by atoms with Gasteiger partial charge in [-0.2, -0.15) is 0 Å². The van der Waals surface area contributed by atoms with Crippen molar-refractivity contribution in [2.75, 3.05) is 26.7 Å². The maximum Gasteiger partial charge on any atom is 0.335 e. The molecule has 10 nitrogen and oxygen atoms in total. The molecule has 1 aromatic heterocycles. The van der Waals surface area contributed by atoms with E-state index in [-0.39, 0.29) is 5.92 Å². The van der Waals surface area contributed by atoms with Crippen LogP contribution in [0.3, 0.4) is 0 Å². The van der Waals surface area contributed by atoms with Crippen LogP contribution in [0, 0.1) is 5.92 Å². The van der Waals surface area contributed by atoms with Gasteiger partial charge >= 0.3 is 11.9 Å². The van der Waals surface area contributed by atoms with Crippen molar-refractivity contribution in [3.8, 4) is 0 Å². The van der Waals surface area contributed by atoms with Crippen LogP contribution in [0.4, 0.5) is 0 Å². The second-order valence-corrected chi connectivity index (χ2v) is 9.32. The fraction of sp³-hybridized carbons (Fsp3) is 0.500. The summed E-state index contributed by atoms with van der Waals surface area (Å²) in [6.07, 6.45) is 2.94. The molecule has 1 aliphatic carbocycles. The van der Waals surface area contributed by atoms with E-state index < -0.39 is 24.1 Å².